The number of methoxy groups -OCH3 is 1. The van der Waals surface area contributed by atoms with Crippen LogP contribution in [0.15, 0.2) is 78.9 Å². The van der Waals surface area contributed by atoms with Gasteiger partial charge in [-0.05, 0) is 74.7 Å². The standard InChI is InChI=1S/C31H37ClN2O4/c1-31(2,3)33-30(36)28(21-23-10-6-5-7-11-23)34(22-24-12-8-13-25(32)20-24)29(35)14-9-19-38-27-17-15-26(37-4)16-18-27/h5-8,10-13,15-18,20,28H,9,14,19,21-22H2,1-4H3,(H,33,36)/t28-/m1/s1. The lowest BCUT2D eigenvalue weighted by Gasteiger charge is -2.34. The van der Waals surface area contributed by atoms with Crippen molar-refractivity contribution in [2.24, 2.45) is 0 Å². The number of nitrogens with one attached hydrogen (secondary N) is 1. The lowest BCUT2D eigenvalue weighted by molar-refractivity contribution is -0.142. The third-order valence-electron chi connectivity index (χ3n) is 5.87. The summed E-state index contributed by atoms with van der Waals surface area (Å²) >= 11 is 6.24. The van der Waals surface area contributed by atoms with Gasteiger partial charge in [-0.2, -0.15) is 0 Å². The average molecular weight is 537 g/mol. The summed E-state index contributed by atoms with van der Waals surface area (Å²) in [5.41, 5.74) is 1.40. The molecule has 0 saturated heterocycles. The van der Waals surface area contributed by atoms with E-state index in [1.807, 2.05) is 93.6 Å². The van der Waals surface area contributed by atoms with Gasteiger partial charge in [0.15, 0.2) is 0 Å². The van der Waals surface area contributed by atoms with Gasteiger partial charge in [0.2, 0.25) is 11.8 Å². The van der Waals surface area contributed by atoms with Crippen LogP contribution >= 0.6 is 11.6 Å². The van der Waals surface area contributed by atoms with E-state index in [1.54, 1.807) is 18.1 Å². The molecule has 3 rings (SSSR count). The zero-order chi connectivity index (χ0) is 27.5. The largest absolute Gasteiger partial charge is 0.497 e. The quantitative estimate of drug-likeness (QED) is 0.286. The highest BCUT2D eigenvalue weighted by Gasteiger charge is 2.32. The molecular formula is C31H37ClN2O4. The number of carbonyl (C=O) groups is 2. The van der Waals surface area contributed by atoms with Gasteiger partial charge < -0.3 is 19.7 Å². The first-order chi connectivity index (χ1) is 18.1. The Morgan fingerprint density at radius 2 is 1.58 bits per heavy atom. The van der Waals surface area contributed by atoms with Crippen LogP contribution in [0, 0.1) is 0 Å². The van der Waals surface area contributed by atoms with Gasteiger partial charge in [0.1, 0.15) is 17.5 Å². The Kier molecular flexibility index (Phi) is 10.6. The van der Waals surface area contributed by atoms with Crippen LogP contribution in [0.1, 0.15) is 44.7 Å². The maximum atomic E-state index is 13.7. The van der Waals surface area contributed by atoms with Gasteiger partial charge in [0, 0.05) is 29.9 Å². The Morgan fingerprint density at radius 3 is 2.21 bits per heavy atom. The van der Waals surface area contributed by atoms with Crippen LogP contribution < -0.4 is 14.8 Å². The predicted octanol–water partition coefficient (Wildman–Crippen LogP) is 6.06. The molecule has 7 heteroatoms. The lowest BCUT2D eigenvalue weighted by atomic mass is 10.00. The second kappa shape index (κ2) is 13.9. The minimum atomic E-state index is -0.689. The molecule has 0 fully saturated rings. The number of hydrogen-bond donors (Lipinski definition) is 1. The maximum absolute atomic E-state index is 13.7. The van der Waals surface area contributed by atoms with Crippen molar-refractivity contribution in [2.45, 2.75) is 58.2 Å². The van der Waals surface area contributed by atoms with E-state index in [4.69, 9.17) is 21.1 Å². The molecule has 0 aliphatic heterocycles. The highest BCUT2D eigenvalue weighted by Crippen LogP contribution is 2.20. The van der Waals surface area contributed by atoms with Crippen LogP contribution in [0.2, 0.25) is 5.02 Å². The zero-order valence-electron chi connectivity index (χ0n) is 22.6. The summed E-state index contributed by atoms with van der Waals surface area (Å²) in [7, 11) is 1.61. The smallest absolute Gasteiger partial charge is 0.243 e. The normalized spacial score (nSPS) is 11.9. The Labute approximate surface area is 230 Å². The molecule has 0 aliphatic carbocycles. The lowest BCUT2D eigenvalue weighted by Crippen LogP contribution is -2.54. The van der Waals surface area contributed by atoms with E-state index in [9.17, 15) is 9.59 Å². The number of nitrogens with zero attached hydrogens (tertiary/aromatic N) is 1. The number of ether oxygens (including phenoxy) is 2. The van der Waals surface area contributed by atoms with Crippen LogP contribution in [0.5, 0.6) is 11.5 Å². The average Bonchev–Trinajstić information content (AvgIpc) is 2.88. The fourth-order valence-electron chi connectivity index (χ4n) is 4.07. The van der Waals surface area contributed by atoms with Crippen LogP contribution in [0.4, 0.5) is 0 Å². The molecule has 3 aromatic carbocycles. The molecule has 3 aromatic rings. The monoisotopic (exact) mass is 536 g/mol. The number of amides is 2. The second-order valence-corrected chi connectivity index (χ2v) is 10.7. The van der Waals surface area contributed by atoms with E-state index in [-0.39, 0.29) is 24.8 Å². The van der Waals surface area contributed by atoms with Crippen LogP contribution in [-0.2, 0) is 22.6 Å². The van der Waals surface area contributed by atoms with Crippen molar-refractivity contribution in [1.82, 2.24) is 10.2 Å². The molecule has 6 nitrogen and oxygen atoms in total. The Hall–Kier alpha value is -3.51. The molecule has 0 heterocycles. The summed E-state index contributed by atoms with van der Waals surface area (Å²) < 4.78 is 11.0. The van der Waals surface area contributed by atoms with Gasteiger partial charge in [-0.15, -0.1) is 0 Å². The Morgan fingerprint density at radius 1 is 0.921 bits per heavy atom. The number of rotatable bonds is 12. The molecule has 0 saturated carbocycles. The molecule has 202 valence electrons. The molecule has 0 aromatic heterocycles. The molecule has 2 amide bonds. The molecule has 1 atom stereocenters. The van der Waals surface area contributed by atoms with Crippen molar-refractivity contribution in [3.63, 3.8) is 0 Å². The van der Waals surface area contributed by atoms with E-state index in [0.29, 0.717) is 30.2 Å². The van der Waals surface area contributed by atoms with Gasteiger partial charge in [-0.3, -0.25) is 9.59 Å². The Bertz CT molecular complexity index is 1180. The second-order valence-electron chi connectivity index (χ2n) is 10.2. The molecule has 38 heavy (non-hydrogen) atoms. The molecule has 0 radical (unpaired) electrons. The summed E-state index contributed by atoms with van der Waals surface area (Å²) in [6.45, 7) is 6.45. The minimum Gasteiger partial charge on any atom is -0.497 e. The van der Waals surface area contributed by atoms with Crippen LogP contribution in [-0.4, -0.2) is 42.0 Å². The topological polar surface area (TPSA) is 67.9 Å². The molecule has 0 spiro atoms. The summed E-state index contributed by atoms with van der Waals surface area (Å²) in [5, 5.41) is 3.66. The first-order valence-electron chi connectivity index (χ1n) is 12.8. The molecule has 0 unspecified atom stereocenters. The number of hydrogen-bond acceptors (Lipinski definition) is 4. The molecular weight excluding hydrogens is 500 g/mol. The van der Waals surface area contributed by atoms with E-state index < -0.39 is 11.6 Å². The van der Waals surface area contributed by atoms with Gasteiger partial charge in [0.05, 0.1) is 13.7 Å². The number of halogens is 1. The van der Waals surface area contributed by atoms with E-state index in [1.165, 1.54) is 0 Å². The van der Waals surface area contributed by atoms with E-state index in [0.717, 1.165) is 16.9 Å². The summed E-state index contributed by atoms with van der Waals surface area (Å²) in [4.78, 5) is 28.9. The first kappa shape index (κ1) is 29.1. The Balaban J connectivity index is 1.79. The van der Waals surface area contributed by atoms with Crippen molar-refractivity contribution in [2.75, 3.05) is 13.7 Å². The summed E-state index contributed by atoms with van der Waals surface area (Å²) in [6, 6.07) is 23.8. The molecule has 1 N–H and O–H groups in total. The first-order valence-corrected chi connectivity index (χ1v) is 13.2. The predicted molar refractivity (Wildman–Crippen MR) is 152 cm³/mol. The van der Waals surface area contributed by atoms with E-state index >= 15 is 0 Å². The van der Waals surface area contributed by atoms with Crippen molar-refractivity contribution >= 4 is 23.4 Å². The maximum Gasteiger partial charge on any atom is 0.243 e. The summed E-state index contributed by atoms with van der Waals surface area (Å²) in [6.07, 6.45) is 1.15. The molecule has 0 aliphatic rings. The SMILES string of the molecule is COc1ccc(OCCCC(=O)N(Cc2cccc(Cl)c2)[C@H](Cc2ccccc2)C(=O)NC(C)(C)C)cc1. The minimum absolute atomic E-state index is 0.117. The van der Waals surface area contributed by atoms with Crippen LogP contribution in [0.25, 0.3) is 0 Å². The van der Waals surface area contributed by atoms with Gasteiger partial charge in [-0.1, -0.05) is 54.1 Å². The summed E-state index contributed by atoms with van der Waals surface area (Å²) in [5.74, 6) is 1.15. The highest BCUT2D eigenvalue weighted by atomic mass is 35.5. The fraction of sp³-hybridized carbons (Fsp3) is 0.355. The van der Waals surface area contributed by atoms with E-state index in [2.05, 4.69) is 5.32 Å². The van der Waals surface area contributed by atoms with Gasteiger partial charge in [-0.25, -0.2) is 0 Å². The van der Waals surface area contributed by atoms with Crippen molar-refractivity contribution in [1.29, 1.82) is 0 Å². The zero-order valence-corrected chi connectivity index (χ0v) is 23.3. The third kappa shape index (κ3) is 9.42. The van der Waals surface area contributed by atoms with Gasteiger partial charge in [0.25, 0.3) is 0 Å². The fourth-order valence-corrected chi connectivity index (χ4v) is 4.28. The van der Waals surface area contributed by atoms with Crippen molar-refractivity contribution in [3.8, 4) is 11.5 Å². The third-order valence-corrected chi connectivity index (χ3v) is 6.11. The van der Waals surface area contributed by atoms with Gasteiger partial charge >= 0.3 is 0 Å². The number of benzene rings is 3. The molecule has 0 bridgehead atoms. The van der Waals surface area contributed by atoms with Crippen LogP contribution in [0.3, 0.4) is 0 Å². The highest BCUT2D eigenvalue weighted by molar-refractivity contribution is 6.30. The number of carbonyl (C=O) groups excluding carboxylic acids is 2. The van der Waals surface area contributed by atoms with Crippen molar-refractivity contribution < 1.29 is 19.1 Å². The van der Waals surface area contributed by atoms with Crippen molar-refractivity contribution in [3.05, 3.63) is 95.0 Å².